The van der Waals surface area contributed by atoms with E-state index in [0.29, 0.717) is 16.3 Å². The molecule has 1 fully saturated rings. The minimum Gasteiger partial charge on any atom is -0.316 e. The monoisotopic (exact) mass is 315 g/mol. The van der Waals surface area contributed by atoms with Crippen molar-refractivity contribution in [2.45, 2.75) is 49.3 Å². The van der Waals surface area contributed by atoms with Gasteiger partial charge in [0.25, 0.3) is 0 Å². The molecule has 1 aliphatic rings. The summed E-state index contributed by atoms with van der Waals surface area (Å²) in [7, 11) is -1.49. The standard InChI is InChI=1S/C15H22ClNO2S/c1-15(2)9-8-13(17-3)14(10-15)20(18,19)12-6-4-11(16)5-7-12/h4-7,13-14,17H,8-10H2,1-3H3. The maximum absolute atomic E-state index is 12.9. The fraction of sp³-hybridized carbons (Fsp3) is 0.600. The minimum absolute atomic E-state index is 0.0173. The third-order valence-corrected chi connectivity index (χ3v) is 6.72. The molecule has 112 valence electrons. The van der Waals surface area contributed by atoms with Crippen molar-refractivity contribution in [3.05, 3.63) is 29.3 Å². The van der Waals surface area contributed by atoms with Crippen LogP contribution in [0, 0.1) is 5.41 Å². The molecule has 2 unspecified atom stereocenters. The highest BCUT2D eigenvalue weighted by Gasteiger charge is 2.42. The molecule has 0 aromatic heterocycles. The summed E-state index contributed by atoms with van der Waals surface area (Å²) in [5, 5.41) is 3.35. The number of benzene rings is 1. The zero-order valence-electron chi connectivity index (χ0n) is 12.2. The summed E-state index contributed by atoms with van der Waals surface area (Å²) in [6, 6.07) is 6.50. The van der Waals surface area contributed by atoms with Gasteiger partial charge in [-0.25, -0.2) is 8.42 Å². The van der Waals surface area contributed by atoms with Gasteiger partial charge in [0.2, 0.25) is 0 Å². The molecule has 2 rings (SSSR count). The Bertz CT molecular complexity index is 566. The first-order valence-corrected chi connectivity index (χ1v) is 8.85. The summed E-state index contributed by atoms with van der Waals surface area (Å²) < 4.78 is 25.7. The number of hydrogen-bond donors (Lipinski definition) is 1. The Kier molecular flexibility index (Phi) is 4.47. The number of hydrogen-bond acceptors (Lipinski definition) is 3. The first-order valence-electron chi connectivity index (χ1n) is 6.93. The van der Waals surface area contributed by atoms with E-state index in [2.05, 4.69) is 19.2 Å². The summed E-state index contributed by atoms with van der Waals surface area (Å²) in [4.78, 5) is 0.366. The maximum atomic E-state index is 12.9. The predicted molar refractivity (Wildman–Crippen MR) is 82.9 cm³/mol. The molecule has 0 heterocycles. The molecule has 1 aromatic carbocycles. The lowest BCUT2D eigenvalue weighted by Gasteiger charge is -2.40. The molecule has 1 aromatic rings. The molecule has 1 aliphatic carbocycles. The lowest BCUT2D eigenvalue weighted by molar-refractivity contribution is 0.213. The summed E-state index contributed by atoms with van der Waals surface area (Å²) in [5.74, 6) is 0. The smallest absolute Gasteiger partial charge is 0.182 e. The van der Waals surface area contributed by atoms with E-state index in [-0.39, 0.29) is 16.7 Å². The second-order valence-corrected chi connectivity index (χ2v) is 8.94. The highest BCUT2D eigenvalue weighted by Crippen LogP contribution is 2.39. The van der Waals surface area contributed by atoms with Crippen molar-refractivity contribution in [1.82, 2.24) is 5.32 Å². The molecule has 20 heavy (non-hydrogen) atoms. The molecule has 0 bridgehead atoms. The molecular formula is C15H22ClNO2S. The maximum Gasteiger partial charge on any atom is 0.182 e. The summed E-state index contributed by atoms with van der Waals surface area (Å²) in [6.07, 6.45) is 2.62. The third kappa shape index (κ3) is 3.18. The van der Waals surface area contributed by atoms with E-state index in [1.165, 1.54) is 0 Å². The van der Waals surface area contributed by atoms with Gasteiger partial charge in [0.15, 0.2) is 9.84 Å². The normalized spacial score (nSPS) is 26.4. The van der Waals surface area contributed by atoms with Gasteiger partial charge in [-0.2, -0.15) is 0 Å². The highest BCUT2D eigenvalue weighted by molar-refractivity contribution is 7.92. The Morgan fingerprint density at radius 3 is 2.40 bits per heavy atom. The van der Waals surface area contributed by atoms with Crippen LogP contribution in [0.1, 0.15) is 33.1 Å². The number of nitrogens with one attached hydrogen (secondary N) is 1. The Morgan fingerprint density at radius 2 is 1.85 bits per heavy atom. The first kappa shape index (κ1) is 15.8. The van der Waals surface area contributed by atoms with Gasteiger partial charge in [0.05, 0.1) is 10.1 Å². The van der Waals surface area contributed by atoms with Gasteiger partial charge in [-0.1, -0.05) is 25.4 Å². The van der Waals surface area contributed by atoms with Crippen LogP contribution >= 0.6 is 11.6 Å². The Morgan fingerprint density at radius 1 is 1.25 bits per heavy atom. The van der Waals surface area contributed by atoms with Crippen molar-refractivity contribution in [2.75, 3.05) is 7.05 Å². The average Bonchev–Trinajstić information content (AvgIpc) is 2.38. The SMILES string of the molecule is CNC1CCC(C)(C)CC1S(=O)(=O)c1ccc(Cl)cc1. The minimum atomic E-state index is -3.33. The van der Waals surface area contributed by atoms with E-state index < -0.39 is 9.84 Å². The predicted octanol–water partition coefficient (Wildman–Crippen LogP) is 3.28. The molecule has 0 spiro atoms. The second kappa shape index (κ2) is 5.66. The van der Waals surface area contributed by atoms with Crippen LogP contribution in [0.15, 0.2) is 29.2 Å². The zero-order chi connectivity index (χ0) is 15.0. The number of rotatable bonds is 3. The molecule has 0 radical (unpaired) electrons. The summed E-state index contributed by atoms with van der Waals surface area (Å²) in [6.45, 7) is 4.28. The molecule has 3 nitrogen and oxygen atoms in total. The van der Waals surface area contributed by atoms with Crippen LogP contribution in [0.5, 0.6) is 0 Å². The van der Waals surface area contributed by atoms with E-state index >= 15 is 0 Å². The van der Waals surface area contributed by atoms with Gasteiger partial charge in [0.1, 0.15) is 0 Å². The molecular weight excluding hydrogens is 294 g/mol. The van der Waals surface area contributed by atoms with Crippen LogP contribution in [-0.4, -0.2) is 26.8 Å². The van der Waals surface area contributed by atoms with Gasteiger partial charge in [0, 0.05) is 11.1 Å². The first-order chi connectivity index (χ1) is 9.26. The Labute approximate surface area is 126 Å². The fourth-order valence-electron chi connectivity index (χ4n) is 2.98. The van der Waals surface area contributed by atoms with Crippen molar-refractivity contribution in [1.29, 1.82) is 0 Å². The van der Waals surface area contributed by atoms with Gasteiger partial charge in [-0.05, 0) is 56.0 Å². The van der Waals surface area contributed by atoms with Gasteiger partial charge in [-0.15, -0.1) is 0 Å². The van der Waals surface area contributed by atoms with E-state index in [9.17, 15) is 8.42 Å². The topological polar surface area (TPSA) is 46.2 Å². The van der Waals surface area contributed by atoms with Gasteiger partial charge in [-0.3, -0.25) is 0 Å². The number of sulfone groups is 1. The Hall–Kier alpha value is -0.580. The van der Waals surface area contributed by atoms with E-state index in [1.807, 2.05) is 7.05 Å². The molecule has 0 saturated heterocycles. The highest BCUT2D eigenvalue weighted by atomic mass is 35.5. The van der Waals surface area contributed by atoms with Gasteiger partial charge < -0.3 is 5.32 Å². The Balaban J connectivity index is 2.37. The van der Waals surface area contributed by atoms with E-state index in [0.717, 1.165) is 12.8 Å². The average molecular weight is 316 g/mol. The largest absolute Gasteiger partial charge is 0.316 e. The lowest BCUT2D eigenvalue weighted by Crippen LogP contribution is -2.48. The molecule has 2 atom stereocenters. The van der Waals surface area contributed by atoms with Gasteiger partial charge >= 0.3 is 0 Å². The third-order valence-electron chi connectivity index (χ3n) is 4.25. The van der Waals surface area contributed by atoms with Crippen molar-refractivity contribution in [3.8, 4) is 0 Å². The van der Waals surface area contributed by atoms with Crippen LogP contribution in [-0.2, 0) is 9.84 Å². The van der Waals surface area contributed by atoms with E-state index in [1.54, 1.807) is 24.3 Å². The fourth-order valence-corrected chi connectivity index (χ4v) is 5.34. The van der Waals surface area contributed by atoms with E-state index in [4.69, 9.17) is 11.6 Å². The summed E-state index contributed by atoms with van der Waals surface area (Å²) >= 11 is 5.84. The molecule has 0 aliphatic heterocycles. The van der Waals surface area contributed by atoms with Crippen molar-refractivity contribution in [2.24, 2.45) is 5.41 Å². The zero-order valence-corrected chi connectivity index (χ0v) is 13.8. The molecule has 1 saturated carbocycles. The molecule has 0 amide bonds. The van der Waals surface area contributed by atoms with Crippen LogP contribution in [0.2, 0.25) is 5.02 Å². The number of halogens is 1. The lowest BCUT2D eigenvalue weighted by atomic mass is 9.75. The van der Waals surface area contributed by atoms with Crippen molar-refractivity contribution >= 4 is 21.4 Å². The van der Waals surface area contributed by atoms with Crippen LogP contribution in [0.4, 0.5) is 0 Å². The second-order valence-electron chi connectivity index (χ2n) is 6.34. The van der Waals surface area contributed by atoms with Crippen molar-refractivity contribution < 1.29 is 8.42 Å². The van der Waals surface area contributed by atoms with Crippen LogP contribution in [0.25, 0.3) is 0 Å². The van der Waals surface area contributed by atoms with Crippen LogP contribution < -0.4 is 5.32 Å². The van der Waals surface area contributed by atoms with Crippen molar-refractivity contribution in [3.63, 3.8) is 0 Å². The summed E-state index contributed by atoms with van der Waals surface area (Å²) in [5.41, 5.74) is 0.0670. The quantitative estimate of drug-likeness (QED) is 0.931. The molecule has 5 heteroatoms. The molecule has 1 N–H and O–H groups in total. The van der Waals surface area contributed by atoms with Crippen LogP contribution in [0.3, 0.4) is 0 Å².